The summed E-state index contributed by atoms with van der Waals surface area (Å²) in [6, 6.07) is 4.24. The molecule has 0 saturated carbocycles. The van der Waals surface area contributed by atoms with Gasteiger partial charge in [0.2, 0.25) is 5.91 Å². The highest BCUT2D eigenvalue weighted by Crippen LogP contribution is 2.14. The van der Waals surface area contributed by atoms with Gasteiger partial charge in [0, 0.05) is 24.4 Å². The van der Waals surface area contributed by atoms with Crippen molar-refractivity contribution in [3.8, 4) is 0 Å². The Bertz CT molecular complexity index is 604. The molecule has 94 valence electrons. The molecule has 0 bridgehead atoms. The van der Waals surface area contributed by atoms with Crippen LogP contribution in [0.1, 0.15) is 23.7 Å². The van der Waals surface area contributed by atoms with Crippen LogP contribution in [0.25, 0.3) is 5.52 Å². The molecule has 0 fully saturated rings. The molecule has 0 aliphatic heterocycles. The number of nitrogens with zero attached hydrogens (tertiary/aromatic N) is 1. The summed E-state index contributed by atoms with van der Waals surface area (Å²) in [6.45, 7) is 1.64. The first-order valence-corrected chi connectivity index (χ1v) is 5.68. The zero-order valence-corrected chi connectivity index (χ0v) is 9.94. The topological polar surface area (TPSA) is 50.6 Å². The van der Waals surface area contributed by atoms with E-state index in [4.69, 9.17) is 0 Å². The highest BCUT2D eigenvalue weighted by atomic mass is 19.1. The maximum absolute atomic E-state index is 13.1. The van der Waals surface area contributed by atoms with Crippen molar-refractivity contribution in [3.05, 3.63) is 42.0 Å². The minimum Gasteiger partial charge on any atom is -0.349 e. The van der Waals surface area contributed by atoms with Gasteiger partial charge < -0.3 is 9.72 Å². The molecule has 1 amide bonds. The quantitative estimate of drug-likeness (QED) is 0.838. The zero-order chi connectivity index (χ0) is 13.1. The molecular formula is C13H13FN2O2. The van der Waals surface area contributed by atoms with Crippen molar-refractivity contribution in [2.24, 2.45) is 0 Å². The van der Waals surface area contributed by atoms with Gasteiger partial charge in [-0.2, -0.15) is 0 Å². The van der Waals surface area contributed by atoms with Crippen molar-refractivity contribution in [2.75, 3.05) is 6.54 Å². The first-order chi connectivity index (χ1) is 8.61. The van der Waals surface area contributed by atoms with Crippen molar-refractivity contribution in [1.82, 2.24) is 9.72 Å². The number of pyridine rings is 1. The van der Waals surface area contributed by atoms with E-state index < -0.39 is 5.82 Å². The first-order valence-electron chi connectivity index (χ1n) is 5.68. The molecule has 5 heteroatoms. The van der Waals surface area contributed by atoms with E-state index in [9.17, 15) is 14.0 Å². The van der Waals surface area contributed by atoms with Crippen LogP contribution in [0.4, 0.5) is 4.39 Å². The number of carbonyl (C=O) groups is 2. The Balaban J connectivity index is 2.22. The van der Waals surface area contributed by atoms with E-state index in [1.54, 1.807) is 29.8 Å². The molecule has 0 radical (unpaired) electrons. The number of rotatable bonds is 4. The van der Waals surface area contributed by atoms with Gasteiger partial charge in [-0.15, -0.1) is 0 Å². The standard InChI is InChI=1S/C13H13FN2O2/c1-2-13(18)15-8-12(17)10-4-6-16-5-3-9(14)7-11(10)16/h3-7H,2,8H2,1H3,(H,15,18). The van der Waals surface area contributed by atoms with Crippen LogP contribution < -0.4 is 5.32 Å². The van der Waals surface area contributed by atoms with Crippen LogP contribution in [-0.2, 0) is 4.79 Å². The summed E-state index contributed by atoms with van der Waals surface area (Å²) in [7, 11) is 0. The maximum atomic E-state index is 13.1. The molecular weight excluding hydrogens is 235 g/mol. The molecule has 0 aliphatic rings. The second-order valence-corrected chi connectivity index (χ2v) is 3.92. The summed E-state index contributed by atoms with van der Waals surface area (Å²) in [5, 5.41) is 2.51. The number of hydrogen-bond acceptors (Lipinski definition) is 2. The number of amides is 1. The Morgan fingerprint density at radius 3 is 2.78 bits per heavy atom. The molecule has 0 unspecified atom stereocenters. The van der Waals surface area contributed by atoms with Crippen LogP contribution in [0.15, 0.2) is 30.6 Å². The van der Waals surface area contributed by atoms with E-state index in [1.807, 2.05) is 0 Å². The molecule has 4 nitrogen and oxygen atoms in total. The molecule has 2 aromatic rings. The smallest absolute Gasteiger partial charge is 0.220 e. The molecule has 0 aromatic carbocycles. The Morgan fingerprint density at radius 2 is 2.06 bits per heavy atom. The van der Waals surface area contributed by atoms with E-state index in [0.29, 0.717) is 17.5 Å². The predicted octanol–water partition coefficient (Wildman–Crippen LogP) is 1.79. The van der Waals surface area contributed by atoms with Crippen molar-refractivity contribution in [1.29, 1.82) is 0 Å². The minimum atomic E-state index is -0.396. The summed E-state index contributed by atoms with van der Waals surface area (Å²) in [4.78, 5) is 23.0. The number of carbonyl (C=O) groups excluding carboxylic acids is 2. The van der Waals surface area contributed by atoms with Gasteiger partial charge in [0.15, 0.2) is 5.78 Å². The fraction of sp³-hybridized carbons (Fsp3) is 0.231. The van der Waals surface area contributed by atoms with Gasteiger partial charge in [-0.05, 0) is 18.2 Å². The van der Waals surface area contributed by atoms with E-state index in [0.717, 1.165) is 0 Å². The van der Waals surface area contributed by atoms with Crippen LogP contribution >= 0.6 is 0 Å². The van der Waals surface area contributed by atoms with Crippen molar-refractivity contribution in [2.45, 2.75) is 13.3 Å². The van der Waals surface area contributed by atoms with E-state index in [-0.39, 0.29) is 18.2 Å². The molecule has 0 atom stereocenters. The fourth-order valence-electron chi connectivity index (χ4n) is 1.71. The Morgan fingerprint density at radius 1 is 1.33 bits per heavy atom. The van der Waals surface area contributed by atoms with Gasteiger partial charge in [-0.1, -0.05) is 6.92 Å². The number of Topliss-reactive ketones (excluding diaryl/α,β-unsaturated/α-hetero) is 1. The lowest BCUT2D eigenvalue weighted by Crippen LogP contribution is -2.28. The SMILES string of the molecule is CCC(=O)NCC(=O)c1ccn2ccc(F)cc12. The van der Waals surface area contributed by atoms with Gasteiger partial charge in [-0.3, -0.25) is 9.59 Å². The van der Waals surface area contributed by atoms with E-state index in [2.05, 4.69) is 5.32 Å². The summed E-state index contributed by atoms with van der Waals surface area (Å²) in [5.74, 6) is -0.809. The lowest BCUT2D eigenvalue weighted by molar-refractivity contribution is -0.120. The predicted molar refractivity (Wildman–Crippen MR) is 65.0 cm³/mol. The highest BCUT2D eigenvalue weighted by molar-refractivity contribution is 6.04. The van der Waals surface area contributed by atoms with Crippen LogP contribution in [0, 0.1) is 5.82 Å². The van der Waals surface area contributed by atoms with Crippen molar-refractivity contribution >= 4 is 17.2 Å². The molecule has 18 heavy (non-hydrogen) atoms. The van der Waals surface area contributed by atoms with Crippen LogP contribution in [0.2, 0.25) is 0 Å². The number of nitrogens with one attached hydrogen (secondary N) is 1. The maximum Gasteiger partial charge on any atom is 0.220 e. The highest BCUT2D eigenvalue weighted by Gasteiger charge is 2.12. The fourth-order valence-corrected chi connectivity index (χ4v) is 1.71. The summed E-state index contributed by atoms with van der Waals surface area (Å²) in [5.41, 5.74) is 0.914. The second-order valence-electron chi connectivity index (χ2n) is 3.92. The average molecular weight is 248 g/mol. The van der Waals surface area contributed by atoms with Gasteiger partial charge in [0.05, 0.1) is 12.1 Å². The van der Waals surface area contributed by atoms with Gasteiger partial charge >= 0.3 is 0 Å². The van der Waals surface area contributed by atoms with Crippen molar-refractivity contribution < 1.29 is 14.0 Å². The first kappa shape index (κ1) is 12.3. The lowest BCUT2D eigenvalue weighted by Gasteiger charge is -2.02. The molecule has 2 rings (SSSR count). The van der Waals surface area contributed by atoms with Crippen LogP contribution in [0.3, 0.4) is 0 Å². The Labute approximate surface area is 103 Å². The lowest BCUT2D eigenvalue weighted by atomic mass is 10.1. The second kappa shape index (κ2) is 5.00. The minimum absolute atomic E-state index is 0.0666. The van der Waals surface area contributed by atoms with Gasteiger partial charge in [-0.25, -0.2) is 4.39 Å². The van der Waals surface area contributed by atoms with Crippen molar-refractivity contribution in [3.63, 3.8) is 0 Å². The third-order valence-electron chi connectivity index (χ3n) is 2.69. The van der Waals surface area contributed by atoms with Gasteiger partial charge in [0.1, 0.15) is 5.82 Å². The number of aromatic nitrogens is 1. The van der Waals surface area contributed by atoms with E-state index >= 15 is 0 Å². The third-order valence-corrected chi connectivity index (χ3v) is 2.69. The van der Waals surface area contributed by atoms with Gasteiger partial charge in [0.25, 0.3) is 0 Å². The summed E-state index contributed by atoms with van der Waals surface area (Å²) in [6.07, 6.45) is 3.56. The third kappa shape index (κ3) is 2.40. The zero-order valence-electron chi connectivity index (χ0n) is 9.94. The number of ketones is 1. The molecule has 0 saturated heterocycles. The normalized spacial score (nSPS) is 10.6. The summed E-state index contributed by atoms with van der Waals surface area (Å²) >= 11 is 0. The van der Waals surface area contributed by atoms with E-state index in [1.165, 1.54) is 12.1 Å². The molecule has 0 spiro atoms. The average Bonchev–Trinajstić information content (AvgIpc) is 2.78. The van der Waals surface area contributed by atoms with Crippen LogP contribution in [0.5, 0.6) is 0 Å². The molecule has 2 aromatic heterocycles. The summed E-state index contributed by atoms with van der Waals surface area (Å²) < 4.78 is 14.8. The number of halogens is 1. The largest absolute Gasteiger partial charge is 0.349 e. The monoisotopic (exact) mass is 248 g/mol. The Kier molecular flexibility index (Phi) is 3.41. The number of fused-ring (bicyclic) bond motifs is 1. The van der Waals surface area contributed by atoms with Crippen LogP contribution in [-0.4, -0.2) is 22.6 Å². The number of hydrogen-bond donors (Lipinski definition) is 1. The Hall–Kier alpha value is -2.17. The molecule has 2 heterocycles. The molecule has 0 aliphatic carbocycles. The molecule has 1 N–H and O–H groups in total.